The normalized spacial score (nSPS) is 17.6. The predicted octanol–water partition coefficient (Wildman–Crippen LogP) is 11.5. The molecule has 1 heterocycles. The van der Waals surface area contributed by atoms with Gasteiger partial charge >= 0.3 is 0 Å². The first kappa shape index (κ1) is 36.4. The van der Waals surface area contributed by atoms with Gasteiger partial charge in [-0.25, -0.2) is 0 Å². The number of aromatic amines is 1. The molecule has 3 fully saturated rings. The topological polar surface area (TPSA) is 71.5 Å². The summed E-state index contributed by atoms with van der Waals surface area (Å²) in [6.07, 6.45) is 19.6. The van der Waals surface area contributed by atoms with E-state index < -0.39 is 5.60 Å². The largest absolute Gasteiger partial charge is 0.496 e. The Kier molecular flexibility index (Phi) is 11.5. The fourth-order valence-electron chi connectivity index (χ4n) is 8.91. The summed E-state index contributed by atoms with van der Waals surface area (Å²) >= 11 is 0. The average molecular weight is 716 g/mol. The maximum atomic E-state index is 11.2. The van der Waals surface area contributed by atoms with Crippen molar-refractivity contribution < 1.29 is 19.4 Å². The summed E-state index contributed by atoms with van der Waals surface area (Å²) in [7, 11) is 3.36. The van der Waals surface area contributed by atoms with E-state index >= 15 is 0 Å². The third-order valence-corrected chi connectivity index (χ3v) is 15.5. The molecular formula is C46H54NO4P. The van der Waals surface area contributed by atoms with Crippen molar-refractivity contribution in [3.63, 3.8) is 0 Å². The Labute approximate surface area is 310 Å². The molecule has 0 radical (unpaired) electrons. The third kappa shape index (κ3) is 7.45. The van der Waals surface area contributed by atoms with E-state index in [-0.39, 0.29) is 7.92 Å². The van der Waals surface area contributed by atoms with Crippen LogP contribution in [0.25, 0.3) is 33.2 Å². The lowest BCUT2D eigenvalue weighted by molar-refractivity contribution is -0.0387. The van der Waals surface area contributed by atoms with E-state index in [9.17, 15) is 9.90 Å². The Balaban J connectivity index is 0.000000166. The second kappa shape index (κ2) is 16.4. The molecule has 3 aliphatic rings. The Morgan fingerprint density at radius 2 is 1.37 bits per heavy atom. The maximum Gasteiger partial charge on any atom is 0.152 e. The van der Waals surface area contributed by atoms with Crippen LogP contribution in [0.2, 0.25) is 0 Å². The molecule has 6 heteroatoms. The van der Waals surface area contributed by atoms with Gasteiger partial charge in [-0.2, -0.15) is 0 Å². The molecule has 2 N–H and O–H groups in total. The first-order valence-electron chi connectivity index (χ1n) is 19.4. The number of aldehydes is 1. The van der Waals surface area contributed by atoms with Gasteiger partial charge in [0.1, 0.15) is 11.5 Å². The number of carbonyl (C=O) groups excluding carboxylic acids is 1. The molecule has 0 aliphatic heterocycles. The Morgan fingerprint density at radius 1 is 0.750 bits per heavy atom. The maximum absolute atomic E-state index is 11.2. The first-order chi connectivity index (χ1) is 25.4. The molecule has 0 bridgehead atoms. The monoisotopic (exact) mass is 715 g/mol. The SMILES string of the molecule is COc1cccc(OC)c1-c1ccccc1P(C1CCCCC1)C1CCCCC1.Cc1cc2[nH]cc(C=O)c2cc1-c1ccc(C2(O)CCC2)cc1. The number of nitrogens with one attached hydrogen (secondary N) is 1. The van der Waals surface area contributed by atoms with Gasteiger partial charge in [-0.3, -0.25) is 4.79 Å². The quantitative estimate of drug-likeness (QED) is 0.118. The van der Waals surface area contributed by atoms with Gasteiger partial charge in [0.05, 0.1) is 25.4 Å². The number of fused-ring (bicyclic) bond motifs is 1. The summed E-state index contributed by atoms with van der Waals surface area (Å²) in [6, 6.07) is 27.6. The van der Waals surface area contributed by atoms with Gasteiger partial charge in [-0.05, 0) is 121 Å². The molecule has 0 unspecified atom stereocenters. The summed E-state index contributed by atoms with van der Waals surface area (Å²) in [4.78, 5) is 14.3. The van der Waals surface area contributed by atoms with Crippen LogP contribution in [0.5, 0.6) is 11.5 Å². The number of carbonyl (C=O) groups is 1. The summed E-state index contributed by atoms with van der Waals surface area (Å²) < 4.78 is 11.6. The van der Waals surface area contributed by atoms with Gasteiger partial charge in [0, 0.05) is 22.7 Å². The zero-order chi connectivity index (χ0) is 36.1. The highest BCUT2D eigenvalue weighted by Crippen LogP contribution is 2.57. The van der Waals surface area contributed by atoms with E-state index in [0.717, 1.165) is 87.1 Å². The molecule has 1 aromatic heterocycles. The lowest BCUT2D eigenvalue weighted by atomic mass is 9.75. The van der Waals surface area contributed by atoms with Crippen LogP contribution in [0, 0.1) is 6.92 Å². The van der Waals surface area contributed by atoms with E-state index in [0.29, 0.717) is 5.56 Å². The molecule has 52 heavy (non-hydrogen) atoms. The Hall–Kier alpha value is -3.92. The first-order valence-corrected chi connectivity index (χ1v) is 20.9. The van der Waals surface area contributed by atoms with Crippen LogP contribution in [-0.4, -0.2) is 41.9 Å². The van der Waals surface area contributed by atoms with Crippen molar-refractivity contribution in [2.75, 3.05) is 14.2 Å². The number of hydrogen-bond donors (Lipinski definition) is 2. The number of aromatic nitrogens is 1. The van der Waals surface area contributed by atoms with Gasteiger partial charge < -0.3 is 19.6 Å². The molecule has 272 valence electrons. The molecule has 0 atom stereocenters. The van der Waals surface area contributed by atoms with Crippen molar-refractivity contribution in [2.45, 2.75) is 107 Å². The van der Waals surface area contributed by atoms with Crippen LogP contribution in [0.3, 0.4) is 0 Å². The van der Waals surface area contributed by atoms with Crippen LogP contribution in [0.1, 0.15) is 105 Å². The van der Waals surface area contributed by atoms with Crippen LogP contribution >= 0.6 is 7.92 Å². The third-order valence-electron chi connectivity index (χ3n) is 11.9. The minimum absolute atomic E-state index is 0.182. The highest BCUT2D eigenvalue weighted by Gasteiger charge is 2.36. The van der Waals surface area contributed by atoms with Crippen molar-refractivity contribution in [1.29, 1.82) is 0 Å². The van der Waals surface area contributed by atoms with E-state index in [2.05, 4.69) is 72.6 Å². The smallest absolute Gasteiger partial charge is 0.152 e. The number of ether oxygens (including phenoxy) is 2. The molecule has 0 saturated heterocycles. The molecule has 5 nitrogen and oxygen atoms in total. The number of benzene rings is 4. The van der Waals surface area contributed by atoms with E-state index in [1.807, 2.05) is 18.2 Å². The summed E-state index contributed by atoms with van der Waals surface area (Å²) in [5.74, 6) is 1.83. The van der Waals surface area contributed by atoms with Crippen LogP contribution < -0.4 is 14.8 Å². The molecule has 5 aromatic rings. The van der Waals surface area contributed by atoms with Gasteiger partial charge in [-0.15, -0.1) is 0 Å². The number of hydrogen-bond acceptors (Lipinski definition) is 4. The number of aliphatic hydroxyl groups is 1. The van der Waals surface area contributed by atoms with E-state index in [4.69, 9.17) is 9.47 Å². The minimum Gasteiger partial charge on any atom is -0.496 e. The second-order valence-electron chi connectivity index (χ2n) is 15.1. The van der Waals surface area contributed by atoms with Gasteiger partial charge in [0.15, 0.2) is 6.29 Å². The van der Waals surface area contributed by atoms with Gasteiger partial charge in [-0.1, -0.05) is 101 Å². The van der Waals surface area contributed by atoms with Gasteiger partial charge in [0.2, 0.25) is 0 Å². The van der Waals surface area contributed by atoms with Gasteiger partial charge in [0.25, 0.3) is 0 Å². The van der Waals surface area contributed by atoms with E-state index in [1.165, 1.54) is 69.8 Å². The van der Waals surface area contributed by atoms with Crippen molar-refractivity contribution in [1.82, 2.24) is 4.98 Å². The molecule has 3 saturated carbocycles. The number of aryl methyl sites for hydroxylation is 1. The molecule has 3 aliphatic carbocycles. The summed E-state index contributed by atoms with van der Waals surface area (Å²) in [5.41, 5.74) is 9.65. The standard InChI is InChI=1S/C26H35O2P.C20H19NO2/c1-27-23-17-11-18-24(28-2)26(23)22-16-9-10-19-25(22)29(20-12-5-3-6-13-20)21-14-7-4-8-15-21;1-13-9-19-18(15(12-22)11-21-19)10-17(13)14-3-5-16(6-4-14)20(23)7-2-8-20/h9-11,16-21H,3-8,12-15H2,1-2H3;3-6,9-12,21,23H,2,7-8H2,1H3. The number of methoxy groups -OCH3 is 2. The summed E-state index contributed by atoms with van der Waals surface area (Å²) in [6.45, 7) is 2.07. The zero-order valence-corrected chi connectivity index (χ0v) is 32.0. The fraction of sp³-hybridized carbons (Fsp3) is 0.413. The molecule has 4 aromatic carbocycles. The molecular weight excluding hydrogens is 661 g/mol. The van der Waals surface area contributed by atoms with Crippen LogP contribution in [-0.2, 0) is 5.60 Å². The zero-order valence-electron chi connectivity index (χ0n) is 31.1. The van der Waals surface area contributed by atoms with Crippen molar-refractivity contribution in [2.24, 2.45) is 0 Å². The highest BCUT2D eigenvalue weighted by molar-refractivity contribution is 7.67. The highest BCUT2D eigenvalue weighted by atomic mass is 31.1. The van der Waals surface area contributed by atoms with Crippen molar-refractivity contribution >= 4 is 30.4 Å². The second-order valence-corrected chi connectivity index (χ2v) is 17.8. The lowest BCUT2D eigenvalue weighted by Gasteiger charge is -2.39. The van der Waals surface area contributed by atoms with E-state index in [1.54, 1.807) is 25.7 Å². The summed E-state index contributed by atoms with van der Waals surface area (Å²) in [5, 5.41) is 13.0. The average Bonchev–Trinajstić information content (AvgIpc) is 3.59. The Bertz CT molecular complexity index is 1920. The predicted molar refractivity (Wildman–Crippen MR) is 217 cm³/mol. The fourth-order valence-corrected chi connectivity index (χ4v) is 12.9. The molecule has 0 spiro atoms. The van der Waals surface area contributed by atoms with Crippen LogP contribution in [0.4, 0.5) is 0 Å². The number of H-pyrrole nitrogens is 1. The van der Waals surface area contributed by atoms with Crippen molar-refractivity contribution in [3.05, 3.63) is 102 Å². The van der Waals surface area contributed by atoms with Crippen molar-refractivity contribution in [3.8, 4) is 33.8 Å². The lowest BCUT2D eigenvalue weighted by Crippen LogP contribution is -2.33. The molecule has 8 rings (SSSR count). The van der Waals surface area contributed by atoms with Crippen LogP contribution in [0.15, 0.2) is 85.1 Å². The Morgan fingerprint density at radius 3 is 1.92 bits per heavy atom. The minimum atomic E-state index is -0.622. The number of rotatable bonds is 9. The molecule has 0 amide bonds.